The Morgan fingerprint density at radius 3 is 2.83 bits per heavy atom. The van der Waals surface area contributed by atoms with E-state index in [0.29, 0.717) is 0 Å². The molecule has 0 N–H and O–H groups in total. The van der Waals surface area contributed by atoms with Crippen molar-refractivity contribution in [2.24, 2.45) is 0 Å². The molecule has 0 atom stereocenters. The van der Waals surface area contributed by atoms with Gasteiger partial charge in [0.2, 0.25) is 0 Å². The normalized spacial score (nSPS) is 17.7. The van der Waals surface area contributed by atoms with Gasteiger partial charge in [-0.25, -0.2) is 4.98 Å². The van der Waals surface area contributed by atoms with Gasteiger partial charge < -0.3 is 9.64 Å². The summed E-state index contributed by atoms with van der Waals surface area (Å²) >= 11 is 5.69. The Morgan fingerprint density at radius 1 is 1.56 bits per heavy atom. The van der Waals surface area contributed by atoms with Gasteiger partial charge >= 0.3 is 5.69 Å². The Bertz CT molecular complexity index is 447. The second-order valence-corrected chi connectivity index (χ2v) is 4.79. The zero-order chi connectivity index (χ0) is 13.1. The van der Waals surface area contributed by atoms with Gasteiger partial charge in [-0.1, -0.05) is 11.6 Å². The Labute approximate surface area is 110 Å². The highest BCUT2D eigenvalue weighted by molar-refractivity contribution is 6.30. The molecule has 1 saturated heterocycles. The quantitative estimate of drug-likeness (QED) is 0.622. The summed E-state index contributed by atoms with van der Waals surface area (Å²) in [5, 5.41) is 11.1. The van der Waals surface area contributed by atoms with Crippen LogP contribution in [0.25, 0.3) is 0 Å². The number of nitro groups is 1. The van der Waals surface area contributed by atoms with E-state index in [1.165, 1.54) is 12.3 Å². The molecular weight excluding hydrogens is 258 g/mol. The highest BCUT2D eigenvalue weighted by Crippen LogP contribution is 2.29. The van der Waals surface area contributed by atoms with Crippen molar-refractivity contribution >= 4 is 17.3 Å². The SMILES string of the molecule is CN1CCC(Oc2ncc(Cl)cc2[N+](=O)[O-])CC1. The fourth-order valence-electron chi connectivity index (χ4n) is 1.90. The fraction of sp³-hybridized carbons (Fsp3) is 0.545. The average Bonchev–Trinajstić information content (AvgIpc) is 2.34. The second kappa shape index (κ2) is 5.49. The minimum atomic E-state index is -0.525. The average molecular weight is 272 g/mol. The van der Waals surface area contributed by atoms with E-state index in [4.69, 9.17) is 16.3 Å². The summed E-state index contributed by atoms with van der Waals surface area (Å²) in [7, 11) is 2.04. The first-order valence-corrected chi connectivity index (χ1v) is 6.09. The number of pyridine rings is 1. The van der Waals surface area contributed by atoms with Crippen molar-refractivity contribution in [2.45, 2.75) is 18.9 Å². The Kier molecular flexibility index (Phi) is 3.98. The molecule has 18 heavy (non-hydrogen) atoms. The first-order chi connectivity index (χ1) is 8.56. The van der Waals surface area contributed by atoms with Crippen LogP contribution in [0, 0.1) is 10.1 Å². The van der Waals surface area contributed by atoms with Crippen LogP contribution in [0.1, 0.15) is 12.8 Å². The number of piperidine rings is 1. The number of hydrogen-bond acceptors (Lipinski definition) is 5. The van der Waals surface area contributed by atoms with Crippen LogP contribution in [-0.2, 0) is 0 Å². The van der Waals surface area contributed by atoms with E-state index in [9.17, 15) is 10.1 Å². The molecule has 98 valence electrons. The molecule has 0 aliphatic carbocycles. The molecule has 2 rings (SSSR count). The maximum Gasteiger partial charge on any atom is 0.332 e. The molecule has 2 heterocycles. The van der Waals surface area contributed by atoms with Crippen LogP contribution in [0.15, 0.2) is 12.3 Å². The highest BCUT2D eigenvalue weighted by atomic mass is 35.5. The van der Waals surface area contributed by atoms with Gasteiger partial charge in [0, 0.05) is 19.2 Å². The Hall–Kier alpha value is -1.40. The minimum Gasteiger partial charge on any atom is -0.469 e. The van der Waals surface area contributed by atoms with E-state index < -0.39 is 4.92 Å². The standard InChI is InChI=1S/C11H14ClN3O3/c1-14-4-2-9(3-5-14)18-11-10(15(16)17)6-8(12)7-13-11/h6-7,9H,2-5H2,1H3. The summed E-state index contributed by atoms with van der Waals surface area (Å²) < 4.78 is 5.61. The van der Waals surface area contributed by atoms with Gasteiger partial charge in [0.25, 0.3) is 5.88 Å². The van der Waals surface area contributed by atoms with Crippen LogP contribution in [0.4, 0.5) is 5.69 Å². The second-order valence-electron chi connectivity index (χ2n) is 4.36. The number of aromatic nitrogens is 1. The Morgan fingerprint density at radius 2 is 2.22 bits per heavy atom. The summed E-state index contributed by atoms with van der Waals surface area (Å²) in [5.41, 5.74) is -0.179. The number of halogens is 1. The largest absolute Gasteiger partial charge is 0.469 e. The fourth-order valence-corrected chi connectivity index (χ4v) is 2.05. The summed E-state index contributed by atoms with van der Waals surface area (Å²) in [6.07, 6.45) is 3.03. The lowest BCUT2D eigenvalue weighted by atomic mass is 10.1. The number of likely N-dealkylation sites (tertiary alicyclic amines) is 1. The van der Waals surface area contributed by atoms with Gasteiger partial charge in [-0.3, -0.25) is 10.1 Å². The van der Waals surface area contributed by atoms with Gasteiger partial charge in [-0.2, -0.15) is 0 Å². The number of rotatable bonds is 3. The molecule has 6 nitrogen and oxygen atoms in total. The molecule has 1 fully saturated rings. The first kappa shape index (κ1) is 13.0. The van der Waals surface area contributed by atoms with E-state index >= 15 is 0 Å². The highest BCUT2D eigenvalue weighted by Gasteiger charge is 2.24. The molecule has 7 heteroatoms. The van der Waals surface area contributed by atoms with Crippen molar-refractivity contribution in [2.75, 3.05) is 20.1 Å². The third-order valence-corrected chi connectivity index (χ3v) is 3.15. The molecule has 0 radical (unpaired) electrons. The van der Waals surface area contributed by atoms with Crippen molar-refractivity contribution in [3.05, 3.63) is 27.4 Å². The number of hydrogen-bond donors (Lipinski definition) is 0. The van der Waals surface area contributed by atoms with Crippen molar-refractivity contribution < 1.29 is 9.66 Å². The van der Waals surface area contributed by atoms with Crippen LogP contribution in [0.5, 0.6) is 5.88 Å². The zero-order valence-electron chi connectivity index (χ0n) is 10.0. The van der Waals surface area contributed by atoms with Gasteiger partial charge in [-0.15, -0.1) is 0 Å². The molecule has 0 bridgehead atoms. The lowest BCUT2D eigenvalue weighted by molar-refractivity contribution is -0.386. The molecule has 0 amide bonds. The smallest absolute Gasteiger partial charge is 0.332 e. The van der Waals surface area contributed by atoms with Gasteiger partial charge in [0.1, 0.15) is 6.10 Å². The minimum absolute atomic E-state index is 0.0198. The van der Waals surface area contributed by atoms with Crippen LogP contribution in [0.2, 0.25) is 5.02 Å². The van der Waals surface area contributed by atoms with E-state index in [2.05, 4.69) is 9.88 Å². The molecule has 1 aliphatic rings. The van der Waals surface area contributed by atoms with Crippen LogP contribution >= 0.6 is 11.6 Å². The van der Waals surface area contributed by atoms with E-state index in [1.807, 2.05) is 7.05 Å². The van der Waals surface area contributed by atoms with Crippen molar-refractivity contribution in [1.82, 2.24) is 9.88 Å². The molecule has 0 spiro atoms. The van der Waals surface area contributed by atoms with Crippen LogP contribution in [-0.4, -0.2) is 41.0 Å². The van der Waals surface area contributed by atoms with Crippen molar-refractivity contribution in [3.8, 4) is 5.88 Å². The maximum atomic E-state index is 10.9. The monoisotopic (exact) mass is 271 g/mol. The number of ether oxygens (including phenoxy) is 1. The number of nitrogens with zero attached hydrogens (tertiary/aromatic N) is 3. The van der Waals surface area contributed by atoms with Gasteiger partial charge in [0.05, 0.1) is 16.1 Å². The summed E-state index contributed by atoms with van der Waals surface area (Å²) in [6.45, 7) is 1.85. The summed E-state index contributed by atoms with van der Waals surface area (Å²) in [5.74, 6) is 0.0546. The molecule has 1 aromatic rings. The van der Waals surface area contributed by atoms with E-state index in [1.54, 1.807) is 0 Å². The van der Waals surface area contributed by atoms with Crippen LogP contribution in [0.3, 0.4) is 0 Å². The molecule has 1 aliphatic heterocycles. The maximum absolute atomic E-state index is 10.9. The first-order valence-electron chi connectivity index (χ1n) is 5.71. The molecular formula is C11H14ClN3O3. The van der Waals surface area contributed by atoms with E-state index in [-0.39, 0.29) is 22.7 Å². The van der Waals surface area contributed by atoms with Crippen molar-refractivity contribution in [1.29, 1.82) is 0 Å². The van der Waals surface area contributed by atoms with Crippen LogP contribution < -0.4 is 4.74 Å². The van der Waals surface area contributed by atoms with E-state index in [0.717, 1.165) is 25.9 Å². The predicted molar refractivity (Wildman–Crippen MR) is 67.0 cm³/mol. The molecule has 1 aromatic heterocycles. The molecule has 0 unspecified atom stereocenters. The topological polar surface area (TPSA) is 68.5 Å². The lowest BCUT2D eigenvalue weighted by Crippen LogP contribution is -2.35. The zero-order valence-corrected chi connectivity index (χ0v) is 10.8. The lowest BCUT2D eigenvalue weighted by Gasteiger charge is -2.28. The van der Waals surface area contributed by atoms with Crippen molar-refractivity contribution in [3.63, 3.8) is 0 Å². The summed E-state index contributed by atoms with van der Waals surface area (Å²) in [4.78, 5) is 16.5. The predicted octanol–water partition coefficient (Wildman–Crippen LogP) is 2.12. The summed E-state index contributed by atoms with van der Waals surface area (Å²) in [6, 6.07) is 1.26. The van der Waals surface area contributed by atoms with Gasteiger partial charge in [0.15, 0.2) is 0 Å². The Balaban J connectivity index is 2.11. The van der Waals surface area contributed by atoms with Gasteiger partial charge in [-0.05, 0) is 19.9 Å². The third-order valence-electron chi connectivity index (χ3n) is 2.94. The molecule has 0 saturated carbocycles. The molecule has 0 aromatic carbocycles. The third kappa shape index (κ3) is 3.08.